The van der Waals surface area contributed by atoms with Gasteiger partial charge in [-0.15, -0.1) is 5.10 Å². The van der Waals surface area contributed by atoms with E-state index in [2.05, 4.69) is 57.4 Å². The molecule has 1 aliphatic rings. The van der Waals surface area contributed by atoms with Crippen molar-refractivity contribution in [2.75, 3.05) is 0 Å². The second kappa shape index (κ2) is 5.99. The SMILES string of the molecule is O=c1[nH]c(CSc2nnnn2C2CC2)nc2c(Br)cc(Br)cc12. The summed E-state index contributed by atoms with van der Waals surface area (Å²) in [6.45, 7) is 0. The monoisotopic (exact) mass is 456 g/mol. The Labute approximate surface area is 151 Å². The quantitative estimate of drug-likeness (QED) is 0.605. The molecule has 0 bridgehead atoms. The summed E-state index contributed by atoms with van der Waals surface area (Å²) in [7, 11) is 0. The molecular formula is C13H10Br2N6OS. The average Bonchev–Trinajstić information content (AvgIpc) is 3.25. The topological polar surface area (TPSA) is 89.4 Å². The fourth-order valence-corrected chi connectivity index (χ4v) is 4.37. The first-order chi connectivity index (χ1) is 11.1. The van der Waals surface area contributed by atoms with Gasteiger partial charge in [-0.25, -0.2) is 9.67 Å². The van der Waals surface area contributed by atoms with E-state index >= 15 is 0 Å². The van der Waals surface area contributed by atoms with Crippen molar-refractivity contribution in [3.8, 4) is 0 Å². The molecule has 2 heterocycles. The first kappa shape index (κ1) is 15.3. The van der Waals surface area contributed by atoms with Gasteiger partial charge in [0.2, 0.25) is 5.16 Å². The lowest BCUT2D eigenvalue weighted by Crippen LogP contribution is -2.12. The number of nitrogens with one attached hydrogen (secondary N) is 1. The number of fused-ring (bicyclic) bond motifs is 1. The van der Waals surface area contributed by atoms with Crippen LogP contribution in [0.5, 0.6) is 0 Å². The molecule has 2 aromatic heterocycles. The van der Waals surface area contributed by atoms with Crippen LogP contribution in [-0.2, 0) is 5.75 Å². The molecule has 0 spiro atoms. The molecule has 0 unspecified atom stereocenters. The second-order valence-electron chi connectivity index (χ2n) is 5.22. The van der Waals surface area contributed by atoms with Gasteiger partial charge in [-0.2, -0.15) is 0 Å². The van der Waals surface area contributed by atoms with E-state index < -0.39 is 0 Å². The van der Waals surface area contributed by atoms with Crippen molar-refractivity contribution < 1.29 is 0 Å². The van der Waals surface area contributed by atoms with Gasteiger partial charge in [-0.1, -0.05) is 27.7 Å². The van der Waals surface area contributed by atoms with Gasteiger partial charge in [-0.3, -0.25) is 4.79 Å². The third kappa shape index (κ3) is 3.07. The predicted molar refractivity (Wildman–Crippen MR) is 93.4 cm³/mol. The number of nitrogens with zero attached hydrogens (tertiary/aromatic N) is 5. The summed E-state index contributed by atoms with van der Waals surface area (Å²) in [5.41, 5.74) is 0.490. The van der Waals surface area contributed by atoms with Gasteiger partial charge >= 0.3 is 0 Å². The van der Waals surface area contributed by atoms with Crippen LogP contribution < -0.4 is 5.56 Å². The van der Waals surface area contributed by atoms with Crippen LogP contribution in [-0.4, -0.2) is 30.2 Å². The molecule has 10 heteroatoms. The van der Waals surface area contributed by atoms with Crippen LogP contribution >= 0.6 is 43.6 Å². The number of rotatable bonds is 4. The number of tetrazole rings is 1. The van der Waals surface area contributed by atoms with Crippen LogP contribution in [0.1, 0.15) is 24.7 Å². The number of aromatic nitrogens is 6. The number of aromatic amines is 1. The average molecular weight is 458 g/mol. The Balaban J connectivity index is 1.64. The van der Waals surface area contributed by atoms with E-state index in [-0.39, 0.29) is 5.56 Å². The molecule has 7 nitrogen and oxygen atoms in total. The lowest BCUT2D eigenvalue weighted by Gasteiger charge is -2.05. The first-order valence-corrected chi connectivity index (χ1v) is 9.47. The van der Waals surface area contributed by atoms with E-state index in [0.29, 0.717) is 28.5 Å². The van der Waals surface area contributed by atoms with E-state index in [1.165, 1.54) is 11.8 Å². The molecule has 0 saturated heterocycles. The molecule has 0 radical (unpaired) electrons. The maximum absolute atomic E-state index is 12.3. The van der Waals surface area contributed by atoms with Crippen LogP contribution in [0.25, 0.3) is 10.9 Å². The predicted octanol–water partition coefficient (Wildman–Crippen LogP) is 3.06. The largest absolute Gasteiger partial charge is 0.309 e. The molecule has 1 saturated carbocycles. The first-order valence-electron chi connectivity index (χ1n) is 6.90. The number of H-pyrrole nitrogens is 1. The third-order valence-corrected chi connectivity index (χ3v) is 5.48. The Morgan fingerprint density at radius 3 is 2.96 bits per heavy atom. The van der Waals surface area contributed by atoms with E-state index in [1.807, 2.05) is 10.7 Å². The summed E-state index contributed by atoms with van der Waals surface area (Å²) in [5.74, 6) is 1.10. The molecule has 3 aromatic rings. The maximum Gasteiger partial charge on any atom is 0.258 e. The Hall–Kier alpha value is -1.26. The number of thioether (sulfide) groups is 1. The zero-order valence-electron chi connectivity index (χ0n) is 11.7. The molecule has 1 aliphatic carbocycles. The molecule has 1 fully saturated rings. The Morgan fingerprint density at radius 1 is 1.35 bits per heavy atom. The molecular weight excluding hydrogens is 448 g/mol. The summed E-state index contributed by atoms with van der Waals surface area (Å²) < 4.78 is 3.45. The smallest absolute Gasteiger partial charge is 0.258 e. The maximum atomic E-state index is 12.3. The van der Waals surface area contributed by atoms with Crippen LogP contribution in [0.4, 0.5) is 0 Å². The highest BCUT2D eigenvalue weighted by molar-refractivity contribution is 9.11. The Bertz CT molecular complexity index is 951. The highest BCUT2D eigenvalue weighted by atomic mass is 79.9. The highest BCUT2D eigenvalue weighted by Gasteiger charge is 2.27. The Kier molecular flexibility index (Phi) is 3.98. The van der Waals surface area contributed by atoms with Crippen LogP contribution in [0.15, 0.2) is 31.0 Å². The minimum atomic E-state index is -0.158. The van der Waals surface area contributed by atoms with Crippen molar-refractivity contribution >= 4 is 54.5 Å². The molecule has 118 valence electrons. The molecule has 0 atom stereocenters. The number of hydrogen-bond donors (Lipinski definition) is 1. The summed E-state index contributed by atoms with van der Waals surface area (Å²) in [6.07, 6.45) is 2.23. The van der Waals surface area contributed by atoms with Gasteiger partial charge in [0.25, 0.3) is 5.56 Å². The number of halogens is 2. The lowest BCUT2D eigenvalue weighted by molar-refractivity contribution is 0.565. The summed E-state index contributed by atoms with van der Waals surface area (Å²) >= 11 is 8.31. The van der Waals surface area contributed by atoms with Gasteiger partial charge in [0.1, 0.15) is 5.82 Å². The molecule has 0 amide bonds. The van der Waals surface area contributed by atoms with Gasteiger partial charge in [0.05, 0.1) is 22.7 Å². The van der Waals surface area contributed by atoms with E-state index in [4.69, 9.17) is 0 Å². The van der Waals surface area contributed by atoms with Crippen molar-refractivity contribution in [1.29, 1.82) is 0 Å². The summed E-state index contributed by atoms with van der Waals surface area (Å²) in [5, 5.41) is 13.1. The normalized spacial score (nSPS) is 14.5. The van der Waals surface area contributed by atoms with Gasteiger partial charge < -0.3 is 4.98 Å². The third-order valence-electron chi connectivity index (χ3n) is 3.47. The van der Waals surface area contributed by atoms with E-state index in [1.54, 1.807) is 6.07 Å². The van der Waals surface area contributed by atoms with Crippen LogP contribution in [0.2, 0.25) is 0 Å². The molecule has 1 aromatic carbocycles. The van der Waals surface area contributed by atoms with E-state index in [0.717, 1.165) is 26.9 Å². The molecule has 0 aliphatic heterocycles. The van der Waals surface area contributed by atoms with E-state index in [9.17, 15) is 4.79 Å². The van der Waals surface area contributed by atoms with Gasteiger partial charge in [-0.05, 0) is 51.3 Å². The zero-order valence-corrected chi connectivity index (χ0v) is 15.7. The van der Waals surface area contributed by atoms with Crippen molar-refractivity contribution in [1.82, 2.24) is 30.2 Å². The zero-order chi connectivity index (χ0) is 16.0. The van der Waals surface area contributed by atoms with Crippen molar-refractivity contribution in [2.24, 2.45) is 0 Å². The van der Waals surface area contributed by atoms with Gasteiger partial charge in [0, 0.05) is 8.95 Å². The van der Waals surface area contributed by atoms with Gasteiger partial charge in [0.15, 0.2) is 0 Å². The molecule has 4 rings (SSSR count). The fraction of sp³-hybridized carbons (Fsp3) is 0.308. The number of benzene rings is 1. The highest BCUT2D eigenvalue weighted by Crippen LogP contribution is 2.36. The van der Waals surface area contributed by atoms with Crippen LogP contribution in [0, 0.1) is 0 Å². The fourth-order valence-electron chi connectivity index (χ4n) is 2.24. The van der Waals surface area contributed by atoms with Crippen LogP contribution in [0.3, 0.4) is 0 Å². The summed E-state index contributed by atoms with van der Waals surface area (Å²) in [6, 6.07) is 4.05. The van der Waals surface area contributed by atoms with Crippen molar-refractivity contribution in [2.45, 2.75) is 29.8 Å². The number of hydrogen-bond acceptors (Lipinski definition) is 6. The summed E-state index contributed by atoms with van der Waals surface area (Å²) in [4.78, 5) is 19.6. The second-order valence-corrected chi connectivity index (χ2v) is 7.93. The van der Waals surface area contributed by atoms with Crippen molar-refractivity contribution in [3.63, 3.8) is 0 Å². The standard InChI is InChI=1S/C13H10Br2N6OS/c14-6-3-8-11(9(15)4-6)16-10(17-12(8)22)5-23-13-18-19-20-21(13)7-1-2-7/h3-4,7H,1-2,5H2,(H,16,17,22). The minimum Gasteiger partial charge on any atom is -0.309 e. The Morgan fingerprint density at radius 2 is 2.17 bits per heavy atom. The lowest BCUT2D eigenvalue weighted by atomic mass is 10.2. The molecule has 23 heavy (non-hydrogen) atoms. The van der Waals surface area contributed by atoms with Crippen molar-refractivity contribution in [3.05, 3.63) is 37.3 Å². The molecule has 1 N–H and O–H groups in total. The minimum absolute atomic E-state index is 0.158.